The van der Waals surface area contributed by atoms with Crippen LogP contribution in [0.15, 0.2) is 15.9 Å². The number of morpholine rings is 1. The molecule has 1 aromatic rings. The summed E-state index contributed by atoms with van der Waals surface area (Å²) in [5.41, 5.74) is 5.98. The molecule has 2 heterocycles. The number of nitrogens with two attached hydrogens (primary N) is 1. The minimum Gasteiger partial charge on any atom is -0.378 e. The van der Waals surface area contributed by atoms with Gasteiger partial charge < -0.3 is 15.8 Å². The number of halogens is 1. The number of hydrogen-bond acceptors (Lipinski definition) is 5. The van der Waals surface area contributed by atoms with Crippen LogP contribution in [0.25, 0.3) is 0 Å². The summed E-state index contributed by atoms with van der Waals surface area (Å²) in [7, 11) is 0. The van der Waals surface area contributed by atoms with Crippen molar-refractivity contribution in [1.82, 2.24) is 10.2 Å². The first-order valence-electron chi connectivity index (χ1n) is 7.22. The third kappa shape index (κ3) is 4.26. The predicted octanol–water partition coefficient (Wildman–Crippen LogP) is 1.74. The molecule has 1 aliphatic heterocycles. The summed E-state index contributed by atoms with van der Waals surface area (Å²) < 4.78 is 6.56. The first kappa shape index (κ1) is 16.9. The number of rotatable bonds is 6. The van der Waals surface area contributed by atoms with E-state index in [9.17, 15) is 4.79 Å². The van der Waals surface area contributed by atoms with E-state index < -0.39 is 0 Å². The van der Waals surface area contributed by atoms with Gasteiger partial charge in [-0.25, -0.2) is 0 Å². The van der Waals surface area contributed by atoms with Gasteiger partial charge in [0, 0.05) is 34.4 Å². The maximum absolute atomic E-state index is 12.3. The van der Waals surface area contributed by atoms with E-state index in [1.54, 1.807) is 11.3 Å². The van der Waals surface area contributed by atoms with E-state index in [2.05, 4.69) is 32.2 Å². The molecule has 21 heavy (non-hydrogen) atoms. The summed E-state index contributed by atoms with van der Waals surface area (Å²) in [6.45, 7) is 5.02. The van der Waals surface area contributed by atoms with E-state index in [4.69, 9.17) is 10.5 Å². The number of thiophene rings is 1. The molecule has 0 saturated carbocycles. The van der Waals surface area contributed by atoms with E-state index in [1.807, 2.05) is 12.3 Å². The van der Waals surface area contributed by atoms with Gasteiger partial charge in [0.1, 0.15) is 6.04 Å². The van der Waals surface area contributed by atoms with E-state index in [-0.39, 0.29) is 18.0 Å². The first-order chi connectivity index (χ1) is 10.2. The average molecular weight is 376 g/mol. The third-order valence-corrected chi connectivity index (χ3v) is 5.36. The fraction of sp³-hybridized carbons (Fsp3) is 0.643. The van der Waals surface area contributed by atoms with Crippen molar-refractivity contribution in [3.8, 4) is 0 Å². The molecule has 5 nitrogen and oxygen atoms in total. The van der Waals surface area contributed by atoms with Crippen molar-refractivity contribution >= 4 is 33.2 Å². The summed E-state index contributed by atoms with van der Waals surface area (Å²) in [5, 5.41) is 5.01. The molecule has 1 saturated heterocycles. The molecule has 1 fully saturated rings. The van der Waals surface area contributed by atoms with Crippen molar-refractivity contribution in [3.63, 3.8) is 0 Å². The summed E-state index contributed by atoms with van der Waals surface area (Å²) >= 11 is 5.15. The smallest absolute Gasteiger partial charge is 0.239 e. The van der Waals surface area contributed by atoms with Gasteiger partial charge in [0.15, 0.2) is 0 Å². The second kappa shape index (κ2) is 8.24. The van der Waals surface area contributed by atoms with Crippen molar-refractivity contribution in [2.75, 3.05) is 32.8 Å². The minimum atomic E-state index is -0.264. The Bertz CT molecular complexity index is 469. The number of carbonyl (C=O) groups excluding carboxylic acids is 1. The zero-order chi connectivity index (χ0) is 15.2. The first-order valence-corrected chi connectivity index (χ1v) is 8.89. The number of hydrogen-bond donors (Lipinski definition) is 2. The van der Waals surface area contributed by atoms with E-state index in [1.165, 1.54) is 4.88 Å². The van der Waals surface area contributed by atoms with Crippen LogP contribution in [0.4, 0.5) is 0 Å². The van der Waals surface area contributed by atoms with Crippen LogP contribution in [0.5, 0.6) is 0 Å². The van der Waals surface area contributed by atoms with Crippen LogP contribution >= 0.6 is 27.3 Å². The molecule has 118 valence electrons. The van der Waals surface area contributed by atoms with Gasteiger partial charge in [0.2, 0.25) is 5.91 Å². The molecule has 1 amide bonds. The van der Waals surface area contributed by atoms with Gasteiger partial charge >= 0.3 is 0 Å². The molecule has 1 aromatic heterocycles. The van der Waals surface area contributed by atoms with E-state index >= 15 is 0 Å². The molecule has 0 radical (unpaired) electrons. The van der Waals surface area contributed by atoms with Crippen molar-refractivity contribution in [3.05, 3.63) is 20.8 Å². The highest BCUT2D eigenvalue weighted by Crippen LogP contribution is 2.31. The Balaban J connectivity index is 2.14. The van der Waals surface area contributed by atoms with Gasteiger partial charge in [0.25, 0.3) is 0 Å². The summed E-state index contributed by atoms with van der Waals surface area (Å²) in [6, 6.07) is 1.88. The number of ether oxygens (including phenoxy) is 1. The molecular formula is C14H22BrN3O2S. The van der Waals surface area contributed by atoms with Gasteiger partial charge in [0.05, 0.1) is 19.3 Å². The molecule has 2 atom stereocenters. The minimum absolute atomic E-state index is 0.0330. The lowest BCUT2D eigenvalue weighted by Crippen LogP contribution is -2.55. The third-order valence-electron chi connectivity index (χ3n) is 3.56. The molecule has 2 rings (SSSR count). The predicted molar refractivity (Wildman–Crippen MR) is 88.4 cm³/mol. The van der Waals surface area contributed by atoms with Crippen molar-refractivity contribution < 1.29 is 9.53 Å². The molecule has 2 unspecified atom stereocenters. The van der Waals surface area contributed by atoms with Gasteiger partial charge in [-0.3, -0.25) is 9.69 Å². The molecule has 1 aliphatic rings. The Kier molecular flexibility index (Phi) is 6.63. The second-order valence-corrected chi connectivity index (χ2v) is 6.90. The molecular weight excluding hydrogens is 354 g/mol. The van der Waals surface area contributed by atoms with Crippen molar-refractivity contribution in [1.29, 1.82) is 0 Å². The van der Waals surface area contributed by atoms with Crippen LogP contribution in [0.3, 0.4) is 0 Å². The van der Waals surface area contributed by atoms with Gasteiger partial charge in [-0.2, -0.15) is 0 Å². The highest BCUT2D eigenvalue weighted by molar-refractivity contribution is 9.10. The van der Waals surface area contributed by atoms with Crippen LogP contribution < -0.4 is 11.1 Å². The van der Waals surface area contributed by atoms with Gasteiger partial charge in [-0.05, 0) is 28.4 Å². The topological polar surface area (TPSA) is 67.6 Å². The SMILES string of the molecule is CCCNC(=O)C1COCCN1C(CN)c1cc(Br)cs1. The summed E-state index contributed by atoms with van der Waals surface area (Å²) in [5.74, 6) is 0.0330. The fourth-order valence-electron chi connectivity index (χ4n) is 2.50. The standard InChI is InChI=1S/C14H22BrN3O2S/c1-2-3-17-14(19)12-8-20-5-4-18(12)11(7-16)13-6-10(15)9-21-13/h6,9,11-12H,2-5,7-8,16H2,1H3,(H,17,19). The number of carbonyl (C=O) groups is 1. The highest BCUT2D eigenvalue weighted by atomic mass is 79.9. The average Bonchev–Trinajstić information content (AvgIpc) is 2.92. The van der Waals surface area contributed by atoms with Crippen LogP contribution in [-0.2, 0) is 9.53 Å². The lowest BCUT2D eigenvalue weighted by molar-refractivity contribution is -0.134. The van der Waals surface area contributed by atoms with Gasteiger partial charge in [-0.1, -0.05) is 6.92 Å². The highest BCUT2D eigenvalue weighted by Gasteiger charge is 2.34. The Morgan fingerprint density at radius 2 is 2.52 bits per heavy atom. The summed E-state index contributed by atoms with van der Waals surface area (Å²) in [6.07, 6.45) is 0.928. The number of amides is 1. The normalized spacial score (nSPS) is 21.2. The molecule has 0 bridgehead atoms. The number of nitrogens with zero attached hydrogens (tertiary/aromatic N) is 1. The maximum Gasteiger partial charge on any atom is 0.239 e. The Morgan fingerprint density at radius 1 is 1.71 bits per heavy atom. The molecule has 7 heteroatoms. The lowest BCUT2D eigenvalue weighted by Gasteiger charge is -2.39. The largest absolute Gasteiger partial charge is 0.378 e. The maximum atomic E-state index is 12.3. The van der Waals surface area contributed by atoms with Crippen LogP contribution in [0, 0.1) is 0 Å². The Hall–Kier alpha value is -0.470. The van der Waals surface area contributed by atoms with Crippen LogP contribution in [0.2, 0.25) is 0 Å². The van der Waals surface area contributed by atoms with Crippen molar-refractivity contribution in [2.45, 2.75) is 25.4 Å². The van der Waals surface area contributed by atoms with Crippen molar-refractivity contribution in [2.24, 2.45) is 5.73 Å². The summed E-state index contributed by atoms with van der Waals surface area (Å²) in [4.78, 5) is 15.7. The molecule has 0 aliphatic carbocycles. The van der Waals surface area contributed by atoms with Gasteiger partial charge in [-0.15, -0.1) is 11.3 Å². The zero-order valence-corrected chi connectivity index (χ0v) is 14.6. The van der Waals surface area contributed by atoms with Crippen LogP contribution in [0.1, 0.15) is 24.3 Å². The lowest BCUT2D eigenvalue weighted by atomic mass is 10.1. The quantitative estimate of drug-likeness (QED) is 0.794. The Labute approximate surface area is 138 Å². The monoisotopic (exact) mass is 375 g/mol. The molecule has 0 spiro atoms. The number of nitrogens with one attached hydrogen (secondary N) is 1. The van der Waals surface area contributed by atoms with E-state index in [0.29, 0.717) is 26.3 Å². The molecule has 0 aromatic carbocycles. The Morgan fingerprint density at radius 3 is 3.14 bits per heavy atom. The zero-order valence-electron chi connectivity index (χ0n) is 12.2. The van der Waals surface area contributed by atoms with Crippen LogP contribution in [-0.4, -0.2) is 49.7 Å². The molecule has 3 N–H and O–H groups in total. The van der Waals surface area contributed by atoms with E-state index in [0.717, 1.165) is 17.4 Å². The fourth-order valence-corrected chi connectivity index (χ4v) is 4.08. The second-order valence-electron chi connectivity index (χ2n) is 5.04.